The van der Waals surface area contributed by atoms with Gasteiger partial charge < -0.3 is 9.72 Å². The molecule has 0 saturated heterocycles. The topological polar surface area (TPSA) is 60.8 Å². The Kier molecular flexibility index (Phi) is 4.60. The molecule has 1 heterocycles. The van der Waals surface area contributed by atoms with Gasteiger partial charge in [-0.05, 0) is 36.2 Å². The van der Waals surface area contributed by atoms with Crippen LogP contribution in [0.4, 0.5) is 0 Å². The van der Waals surface area contributed by atoms with E-state index in [2.05, 4.69) is 16.4 Å². The van der Waals surface area contributed by atoms with Crippen LogP contribution in [-0.2, 0) is 6.42 Å². The molecule has 4 heteroatoms. The highest BCUT2D eigenvalue weighted by molar-refractivity contribution is 5.27. The number of aromatic nitrogens is 1. The van der Waals surface area contributed by atoms with Crippen LogP contribution in [0.2, 0.25) is 0 Å². The fraction of sp³-hybridized carbons (Fsp3) is 0.267. The maximum Gasteiger partial charge on any atom is 0.136 e. The van der Waals surface area contributed by atoms with Crippen LogP contribution in [0, 0.1) is 11.3 Å². The van der Waals surface area contributed by atoms with Crippen molar-refractivity contribution in [3.63, 3.8) is 0 Å². The molecule has 1 atom stereocenters. The van der Waals surface area contributed by atoms with Gasteiger partial charge in [0.1, 0.15) is 11.8 Å². The van der Waals surface area contributed by atoms with Gasteiger partial charge in [-0.3, -0.25) is 5.32 Å². The first-order valence-corrected chi connectivity index (χ1v) is 6.22. The van der Waals surface area contributed by atoms with Gasteiger partial charge in [-0.1, -0.05) is 12.1 Å². The number of methoxy groups -OCH3 is 1. The predicted molar refractivity (Wildman–Crippen MR) is 73.8 cm³/mol. The zero-order valence-corrected chi connectivity index (χ0v) is 10.9. The molecule has 0 aliphatic heterocycles. The van der Waals surface area contributed by atoms with Crippen molar-refractivity contribution in [2.45, 2.75) is 12.5 Å². The zero-order valence-electron chi connectivity index (χ0n) is 10.9. The van der Waals surface area contributed by atoms with Gasteiger partial charge in [0.15, 0.2) is 0 Å². The average molecular weight is 255 g/mol. The minimum Gasteiger partial charge on any atom is -0.497 e. The molecule has 2 N–H and O–H groups in total. The smallest absolute Gasteiger partial charge is 0.136 e. The quantitative estimate of drug-likeness (QED) is 0.833. The second-order valence-corrected chi connectivity index (χ2v) is 4.24. The lowest BCUT2D eigenvalue weighted by molar-refractivity contribution is 0.414. The number of H-pyrrole nitrogens is 1. The number of hydrogen-bond acceptors (Lipinski definition) is 3. The SMILES string of the molecule is COc1ccc(CCNC(C#N)c2ccc[nH]2)cc1. The van der Waals surface area contributed by atoms with Gasteiger partial charge in [-0.15, -0.1) is 0 Å². The summed E-state index contributed by atoms with van der Waals surface area (Å²) in [6, 6.07) is 13.7. The number of rotatable bonds is 6. The molecule has 1 unspecified atom stereocenters. The van der Waals surface area contributed by atoms with Crippen molar-refractivity contribution in [1.29, 1.82) is 5.26 Å². The Hall–Kier alpha value is -2.25. The van der Waals surface area contributed by atoms with Crippen molar-refractivity contribution in [1.82, 2.24) is 10.3 Å². The molecule has 0 radical (unpaired) electrons. The minimum atomic E-state index is -0.284. The third-order valence-corrected chi connectivity index (χ3v) is 2.98. The molecule has 0 fully saturated rings. The maximum absolute atomic E-state index is 9.11. The van der Waals surface area contributed by atoms with E-state index in [-0.39, 0.29) is 6.04 Å². The van der Waals surface area contributed by atoms with Crippen molar-refractivity contribution >= 4 is 0 Å². The molecule has 98 valence electrons. The number of ether oxygens (including phenoxy) is 1. The van der Waals surface area contributed by atoms with Crippen molar-refractivity contribution in [2.24, 2.45) is 0 Å². The third kappa shape index (κ3) is 3.60. The van der Waals surface area contributed by atoms with E-state index in [9.17, 15) is 0 Å². The number of nitrogens with one attached hydrogen (secondary N) is 2. The lowest BCUT2D eigenvalue weighted by Crippen LogP contribution is -2.22. The van der Waals surface area contributed by atoms with Crippen LogP contribution in [-0.4, -0.2) is 18.6 Å². The fourth-order valence-corrected chi connectivity index (χ4v) is 1.90. The van der Waals surface area contributed by atoms with E-state index < -0.39 is 0 Å². The van der Waals surface area contributed by atoms with Crippen molar-refractivity contribution in [3.05, 3.63) is 53.9 Å². The molecule has 2 aromatic rings. The summed E-state index contributed by atoms with van der Waals surface area (Å²) in [7, 11) is 1.66. The molecule has 0 spiro atoms. The zero-order chi connectivity index (χ0) is 13.5. The summed E-state index contributed by atoms with van der Waals surface area (Å²) in [5.41, 5.74) is 2.12. The average Bonchev–Trinajstić information content (AvgIpc) is 2.98. The van der Waals surface area contributed by atoms with Crippen molar-refractivity contribution < 1.29 is 4.74 Å². The largest absolute Gasteiger partial charge is 0.497 e. The van der Waals surface area contributed by atoms with E-state index in [0.717, 1.165) is 24.4 Å². The van der Waals surface area contributed by atoms with Gasteiger partial charge in [-0.25, -0.2) is 0 Å². The van der Waals surface area contributed by atoms with E-state index in [1.807, 2.05) is 42.6 Å². The fourth-order valence-electron chi connectivity index (χ4n) is 1.90. The summed E-state index contributed by atoms with van der Waals surface area (Å²) < 4.78 is 5.12. The first kappa shape index (κ1) is 13.2. The minimum absolute atomic E-state index is 0.284. The van der Waals surface area contributed by atoms with Gasteiger partial charge >= 0.3 is 0 Å². The van der Waals surface area contributed by atoms with E-state index >= 15 is 0 Å². The Morgan fingerprint density at radius 2 is 2.11 bits per heavy atom. The van der Waals surface area contributed by atoms with E-state index in [1.54, 1.807) is 7.11 Å². The summed E-state index contributed by atoms with van der Waals surface area (Å²) >= 11 is 0. The number of nitriles is 1. The summed E-state index contributed by atoms with van der Waals surface area (Å²) in [6.07, 6.45) is 2.70. The van der Waals surface area contributed by atoms with E-state index in [1.165, 1.54) is 5.56 Å². The first-order valence-electron chi connectivity index (χ1n) is 6.22. The molecular formula is C15H17N3O. The van der Waals surface area contributed by atoms with Crippen LogP contribution in [0.5, 0.6) is 5.75 Å². The summed E-state index contributed by atoms with van der Waals surface area (Å²) in [6.45, 7) is 0.754. The van der Waals surface area contributed by atoms with Crippen molar-refractivity contribution in [2.75, 3.05) is 13.7 Å². The van der Waals surface area contributed by atoms with Crippen molar-refractivity contribution in [3.8, 4) is 11.8 Å². The van der Waals surface area contributed by atoms with Crippen LogP contribution in [0.25, 0.3) is 0 Å². The molecule has 0 saturated carbocycles. The number of nitrogens with zero attached hydrogens (tertiary/aromatic N) is 1. The maximum atomic E-state index is 9.11. The molecule has 1 aromatic carbocycles. The lowest BCUT2D eigenvalue weighted by atomic mass is 10.1. The number of hydrogen-bond donors (Lipinski definition) is 2. The van der Waals surface area contributed by atoms with Crippen LogP contribution in [0.1, 0.15) is 17.3 Å². The Morgan fingerprint density at radius 3 is 2.68 bits per heavy atom. The van der Waals surface area contributed by atoms with Crippen LogP contribution in [0.3, 0.4) is 0 Å². The third-order valence-electron chi connectivity index (χ3n) is 2.98. The molecular weight excluding hydrogens is 238 g/mol. The number of aromatic amines is 1. The van der Waals surface area contributed by atoms with Crippen LogP contribution >= 0.6 is 0 Å². The van der Waals surface area contributed by atoms with E-state index in [0.29, 0.717) is 0 Å². The summed E-state index contributed by atoms with van der Waals surface area (Å²) in [4.78, 5) is 3.05. The Bertz CT molecular complexity index is 526. The second kappa shape index (κ2) is 6.62. The predicted octanol–water partition coefficient (Wildman–Crippen LogP) is 2.42. The first-order chi connectivity index (χ1) is 9.33. The molecule has 0 amide bonds. The monoisotopic (exact) mass is 255 g/mol. The second-order valence-electron chi connectivity index (χ2n) is 4.24. The molecule has 19 heavy (non-hydrogen) atoms. The molecule has 2 rings (SSSR count). The molecule has 1 aromatic heterocycles. The van der Waals surface area contributed by atoms with Gasteiger partial charge in [0.05, 0.1) is 13.2 Å². The van der Waals surface area contributed by atoms with E-state index in [4.69, 9.17) is 10.00 Å². The van der Waals surface area contributed by atoms with Gasteiger partial charge in [0.2, 0.25) is 0 Å². The number of benzene rings is 1. The molecule has 4 nitrogen and oxygen atoms in total. The molecule has 0 bridgehead atoms. The Morgan fingerprint density at radius 1 is 1.32 bits per heavy atom. The highest BCUT2D eigenvalue weighted by Crippen LogP contribution is 2.12. The molecule has 0 aliphatic carbocycles. The highest BCUT2D eigenvalue weighted by atomic mass is 16.5. The summed E-state index contributed by atoms with van der Waals surface area (Å²) in [5, 5.41) is 12.3. The van der Waals surface area contributed by atoms with Crippen LogP contribution < -0.4 is 10.1 Å². The Balaban J connectivity index is 1.84. The van der Waals surface area contributed by atoms with Gasteiger partial charge in [-0.2, -0.15) is 5.26 Å². The molecule has 0 aliphatic rings. The standard InChI is InChI=1S/C15H17N3O/c1-19-13-6-4-12(5-7-13)8-10-18-15(11-16)14-3-2-9-17-14/h2-7,9,15,17-18H,8,10H2,1H3. The Labute approximate surface area is 113 Å². The van der Waals surface area contributed by atoms with Gasteiger partial charge in [0, 0.05) is 18.4 Å². The lowest BCUT2D eigenvalue weighted by Gasteiger charge is -2.10. The van der Waals surface area contributed by atoms with Gasteiger partial charge in [0.25, 0.3) is 0 Å². The van der Waals surface area contributed by atoms with Crippen LogP contribution in [0.15, 0.2) is 42.6 Å². The normalized spacial score (nSPS) is 11.8. The summed E-state index contributed by atoms with van der Waals surface area (Å²) in [5.74, 6) is 0.859. The highest BCUT2D eigenvalue weighted by Gasteiger charge is 2.09.